The number of carbonyl (C=O) groups is 1. The fourth-order valence-corrected chi connectivity index (χ4v) is 3.40. The second kappa shape index (κ2) is 7.70. The predicted molar refractivity (Wildman–Crippen MR) is 103 cm³/mol. The van der Waals surface area contributed by atoms with Crippen molar-refractivity contribution < 1.29 is 4.79 Å². The number of nitrogens with zero attached hydrogens (tertiary/aromatic N) is 3. The molecular formula is C20H22ClN3O. The van der Waals surface area contributed by atoms with Crippen molar-refractivity contribution in [1.29, 1.82) is 0 Å². The molecule has 0 radical (unpaired) electrons. The van der Waals surface area contributed by atoms with Crippen molar-refractivity contribution in [1.82, 2.24) is 14.5 Å². The van der Waals surface area contributed by atoms with Crippen molar-refractivity contribution in [2.24, 2.45) is 0 Å². The smallest absolute Gasteiger partial charge is 0.209 e. The van der Waals surface area contributed by atoms with Gasteiger partial charge in [0.15, 0.2) is 0 Å². The Bertz CT molecular complexity index is 871. The van der Waals surface area contributed by atoms with Crippen molar-refractivity contribution in [2.75, 3.05) is 13.1 Å². The van der Waals surface area contributed by atoms with E-state index in [1.807, 2.05) is 41.4 Å². The zero-order valence-corrected chi connectivity index (χ0v) is 15.3. The number of hydrogen-bond acceptors (Lipinski definition) is 2. The van der Waals surface area contributed by atoms with Gasteiger partial charge in [0.05, 0.1) is 11.0 Å². The monoisotopic (exact) mass is 355 g/mol. The van der Waals surface area contributed by atoms with Crippen LogP contribution in [0.4, 0.5) is 0 Å². The number of carbonyl (C=O) groups excluding carboxylic acids is 1. The molecular weight excluding hydrogens is 334 g/mol. The Kier molecular flexibility index (Phi) is 5.39. The number of pyridine rings is 1. The van der Waals surface area contributed by atoms with E-state index in [2.05, 4.69) is 29.5 Å². The van der Waals surface area contributed by atoms with Gasteiger partial charge in [-0.05, 0) is 43.2 Å². The van der Waals surface area contributed by atoms with Crippen LogP contribution in [0.25, 0.3) is 22.2 Å². The third kappa shape index (κ3) is 3.54. The Balaban J connectivity index is 2.03. The molecule has 0 spiro atoms. The lowest BCUT2D eigenvalue weighted by Crippen LogP contribution is -2.27. The molecule has 130 valence electrons. The summed E-state index contributed by atoms with van der Waals surface area (Å²) in [5, 5.41) is 0.722. The highest BCUT2D eigenvalue weighted by Crippen LogP contribution is 2.33. The lowest BCUT2D eigenvalue weighted by molar-refractivity contribution is -0.118. The summed E-state index contributed by atoms with van der Waals surface area (Å²) in [5.41, 5.74) is 5.45. The molecule has 1 amide bonds. The molecule has 0 N–H and O–H groups in total. The van der Waals surface area contributed by atoms with Crippen LogP contribution < -0.4 is 0 Å². The minimum absolute atomic E-state index is 0.691. The molecule has 3 rings (SSSR count). The molecule has 5 heteroatoms. The average molecular weight is 356 g/mol. The molecule has 2 aromatic heterocycles. The molecule has 4 nitrogen and oxygen atoms in total. The topological polar surface area (TPSA) is 38.1 Å². The lowest BCUT2D eigenvalue weighted by atomic mass is 10.1. The summed E-state index contributed by atoms with van der Waals surface area (Å²) in [4.78, 5) is 17.6. The molecule has 0 saturated carbocycles. The van der Waals surface area contributed by atoms with E-state index < -0.39 is 0 Å². The average Bonchev–Trinajstić information content (AvgIpc) is 2.91. The van der Waals surface area contributed by atoms with Gasteiger partial charge in [-0.15, -0.1) is 0 Å². The van der Waals surface area contributed by atoms with Crippen LogP contribution in [-0.4, -0.2) is 34.0 Å². The van der Waals surface area contributed by atoms with Gasteiger partial charge < -0.3 is 9.47 Å². The van der Waals surface area contributed by atoms with Crippen LogP contribution in [0.15, 0.2) is 42.6 Å². The van der Waals surface area contributed by atoms with Crippen LogP contribution in [0.5, 0.6) is 0 Å². The van der Waals surface area contributed by atoms with Gasteiger partial charge in [0.25, 0.3) is 0 Å². The summed E-state index contributed by atoms with van der Waals surface area (Å²) < 4.78 is 2.25. The summed E-state index contributed by atoms with van der Waals surface area (Å²) in [6, 6.07) is 11.9. The second-order valence-corrected chi connectivity index (χ2v) is 6.57. The molecule has 1 aromatic carbocycles. The van der Waals surface area contributed by atoms with Crippen LogP contribution in [-0.2, 0) is 11.3 Å². The van der Waals surface area contributed by atoms with Gasteiger partial charge in [0, 0.05) is 42.1 Å². The fourth-order valence-electron chi connectivity index (χ4n) is 3.28. The van der Waals surface area contributed by atoms with Crippen molar-refractivity contribution in [3.63, 3.8) is 0 Å². The van der Waals surface area contributed by atoms with E-state index in [1.54, 1.807) is 0 Å². The molecule has 0 bridgehead atoms. The van der Waals surface area contributed by atoms with Crippen LogP contribution in [0.1, 0.15) is 19.0 Å². The van der Waals surface area contributed by atoms with E-state index in [4.69, 9.17) is 11.6 Å². The zero-order valence-electron chi connectivity index (χ0n) is 14.6. The van der Waals surface area contributed by atoms with E-state index in [1.165, 1.54) is 0 Å². The van der Waals surface area contributed by atoms with Gasteiger partial charge in [-0.2, -0.15) is 0 Å². The molecule has 0 saturated heterocycles. The highest BCUT2D eigenvalue weighted by Gasteiger charge is 2.16. The van der Waals surface area contributed by atoms with E-state index in [9.17, 15) is 4.79 Å². The summed E-state index contributed by atoms with van der Waals surface area (Å²) in [6.45, 7) is 6.41. The highest BCUT2D eigenvalue weighted by molar-refractivity contribution is 6.30. The molecule has 0 aliphatic carbocycles. The summed E-state index contributed by atoms with van der Waals surface area (Å²) in [7, 11) is 0. The number of fused-ring (bicyclic) bond motifs is 1. The highest BCUT2D eigenvalue weighted by atomic mass is 35.5. The quantitative estimate of drug-likeness (QED) is 0.584. The fraction of sp³-hybridized carbons (Fsp3) is 0.300. The minimum Gasteiger partial charge on any atom is -0.343 e. The van der Waals surface area contributed by atoms with E-state index in [0.717, 1.165) is 58.8 Å². The van der Waals surface area contributed by atoms with Crippen LogP contribution in [0, 0.1) is 6.92 Å². The first-order valence-corrected chi connectivity index (χ1v) is 8.92. The number of amides is 1. The largest absolute Gasteiger partial charge is 0.343 e. The van der Waals surface area contributed by atoms with E-state index >= 15 is 0 Å². The Morgan fingerprint density at radius 3 is 2.64 bits per heavy atom. The Morgan fingerprint density at radius 2 is 1.96 bits per heavy atom. The maximum Gasteiger partial charge on any atom is 0.209 e. The van der Waals surface area contributed by atoms with Crippen molar-refractivity contribution in [2.45, 2.75) is 26.8 Å². The lowest BCUT2D eigenvalue weighted by Gasteiger charge is -2.18. The van der Waals surface area contributed by atoms with Crippen LogP contribution in [0.3, 0.4) is 0 Å². The molecule has 0 atom stereocenters. The molecule has 3 aromatic rings. The molecule has 0 aliphatic heterocycles. The minimum atomic E-state index is 0.691. The number of aromatic nitrogens is 2. The summed E-state index contributed by atoms with van der Waals surface area (Å²) in [6.07, 6.45) is 3.71. The SMILES string of the molecule is CCCN(C=O)CCn1c(C)c(-c2ccc(Cl)cc2)c2ncccc21. The van der Waals surface area contributed by atoms with Crippen molar-refractivity contribution in [3.05, 3.63) is 53.3 Å². The third-order valence-corrected chi connectivity index (χ3v) is 4.74. The Hall–Kier alpha value is -2.33. The molecule has 25 heavy (non-hydrogen) atoms. The zero-order chi connectivity index (χ0) is 17.8. The first-order chi connectivity index (χ1) is 12.2. The first kappa shape index (κ1) is 17.5. The third-order valence-electron chi connectivity index (χ3n) is 4.48. The van der Waals surface area contributed by atoms with Gasteiger partial charge in [0.2, 0.25) is 6.41 Å². The number of halogens is 1. The van der Waals surface area contributed by atoms with Gasteiger partial charge in [-0.3, -0.25) is 9.78 Å². The van der Waals surface area contributed by atoms with Crippen LogP contribution >= 0.6 is 11.6 Å². The molecule has 2 heterocycles. The number of rotatable bonds is 7. The first-order valence-electron chi connectivity index (χ1n) is 8.54. The standard InChI is InChI=1S/C20H22ClN3O/c1-3-11-23(14-25)12-13-24-15(2)19(16-6-8-17(21)9-7-16)20-18(24)5-4-10-22-20/h4-10,14H,3,11-13H2,1-2H3. The van der Waals surface area contributed by atoms with Gasteiger partial charge in [0.1, 0.15) is 0 Å². The molecule has 0 fully saturated rings. The second-order valence-electron chi connectivity index (χ2n) is 6.13. The normalized spacial score (nSPS) is 11.0. The predicted octanol–water partition coefficient (Wildman–Crippen LogP) is 4.53. The van der Waals surface area contributed by atoms with Gasteiger partial charge >= 0.3 is 0 Å². The van der Waals surface area contributed by atoms with Gasteiger partial charge in [-0.1, -0.05) is 30.7 Å². The molecule has 0 aliphatic rings. The Morgan fingerprint density at radius 1 is 1.20 bits per heavy atom. The summed E-state index contributed by atoms with van der Waals surface area (Å²) in [5.74, 6) is 0. The number of hydrogen-bond donors (Lipinski definition) is 0. The van der Waals surface area contributed by atoms with Crippen molar-refractivity contribution >= 4 is 29.0 Å². The molecule has 0 unspecified atom stereocenters. The van der Waals surface area contributed by atoms with Crippen LogP contribution in [0.2, 0.25) is 5.02 Å². The van der Waals surface area contributed by atoms with Gasteiger partial charge in [-0.25, -0.2) is 0 Å². The maximum absolute atomic E-state index is 11.2. The number of benzene rings is 1. The van der Waals surface area contributed by atoms with E-state index in [-0.39, 0.29) is 0 Å². The van der Waals surface area contributed by atoms with E-state index in [0.29, 0.717) is 6.54 Å². The van der Waals surface area contributed by atoms with Crippen molar-refractivity contribution in [3.8, 4) is 11.1 Å². The Labute approximate surface area is 153 Å². The summed E-state index contributed by atoms with van der Waals surface area (Å²) >= 11 is 6.03. The maximum atomic E-state index is 11.2.